The van der Waals surface area contributed by atoms with Crippen LogP contribution in [0.2, 0.25) is 0 Å². The largest absolute Gasteiger partial charge is 0.393 e. The van der Waals surface area contributed by atoms with E-state index in [4.69, 9.17) is 0 Å². The Bertz CT molecular complexity index is 976. The second-order valence-electron chi connectivity index (χ2n) is 7.04. The number of nitrogens with one attached hydrogen (secondary N) is 1. The normalized spacial score (nSPS) is 20.0. The minimum Gasteiger partial charge on any atom is -0.393 e. The third-order valence-electron chi connectivity index (χ3n) is 5.09. The van der Waals surface area contributed by atoms with Crippen molar-refractivity contribution >= 4 is 16.8 Å². The Morgan fingerprint density at radius 1 is 1.22 bits per heavy atom. The lowest BCUT2D eigenvalue weighted by atomic mass is 9.93. The minimum atomic E-state index is -0.336. The summed E-state index contributed by atoms with van der Waals surface area (Å²) in [4.78, 5) is 16.8. The van der Waals surface area contributed by atoms with Crippen LogP contribution in [0, 0.1) is 12.7 Å². The third-order valence-corrected chi connectivity index (χ3v) is 5.09. The van der Waals surface area contributed by atoms with Crippen molar-refractivity contribution in [2.24, 2.45) is 0 Å². The number of aryl methyl sites for hydroxylation is 1. The number of amides is 1. The number of nitrogens with zero attached hydrogens (tertiary/aromatic N) is 3. The predicted octanol–water partition coefficient (Wildman–Crippen LogP) is 2.90. The molecular weight excluding hydrogens is 347 g/mol. The first-order valence-corrected chi connectivity index (χ1v) is 9.11. The maximum atomic E-state index is 13.6. The topological polar surface area (TPSA) is 80.0 Å². The van der Waals surface area contributed by atoms with Crippen LogP contribution < -0.4 is 5.32 Å². The van der Waals surface area contributed by atoms with E-state index < -0.39 is 0 Å². The van der Waals surface area contributed by atoms with Crippen LogP contribution >= 0.6 is 0 Å². The first kappa shape index (κ1) is 17.6. The summed E-state index contributed by atoms with van der Waals surface area (Å²) in [6.07, 6.45) is 4.24. The first-order chi connectivity index (χ1) is 13.0. The number of hydrogen-bond donors (Lipinski definition) is 2. The Kier molecular flexibility index (Phi) is 4.61. The van der Waals surface area contributed by atoms with Gasteiger partial charge in [0.25, 0.3) is 5.91 Å². The summed E-state index contributed by atoms with van der Waals surface area (Å²) in [5.74, 6) is 0.0104. The van der Waals surface area contributed by atoms with Crippen LogP contribution in [-0.2, 0) is 0 Å². The number of fused-ring (bicyclic) bond motifs is 1. The van der Waals surface area contributed by atoms with E-state index in [1.54, 1.807) is 22.9 Å². The molecule has 0 spiro atoms. The molecule has 140 valence electrons. The lowest BCUT2D eigenvalue weighted by Crippen LogP contribution is -2.38. The zero-order valence-corrected chi connectivity index (χ0v) is 15.0. The highest BCUT2D eigenvalue weighted by atomic mass is 19.1. The summed E-state index contributed by atoms with van der Waals surface area (Å²) in [6, 6.07) is 8.02. The maximum absolute atomic E-state index is 13.6. The molecule has 4 rings (SSSR count). The molecule has 2 heterocycles. The number of halogens is 1. The summed E-state index contributed by atoms with van der Waals surface area (Å²) in [5.41, 5.74) is 1.88. The standard InChI is InChI=1S/C20H21FN4O2/c1-12-17-8-3-14(21)10-18(17)25(24-12)19-9-2-13(11-22-19)20(27)23-15-4-6-16(26)7-5-15/h2-3,8-11,15-16,26H,4-7H2,1H3,(H,23,27). The Balaban J connectivity index is 1.54. The monoisotopic (exact) mass is 368 g/mol. The number of pyridine rings is 1. The summed E-state index contributed by atoms with van der Waals surface area (Å²) >= 11 is 0. The number of aliphatic hydroxyl groups is 1. The molecule has 27 heavy (non-hydrogen) atoms. The molecule has 0 bridgehead atoms. The molecule has 6 nitrogen and oxygen atoms in total. The van der Waals surface area contributed by atoms with E-state index in [9.17, 15) is 14.3 Å². The molecular formula is C20H21FN4O2. The van der Waals surface area contributed by atoms with Gasteiger partial charge in [-0.05, 0) is 56.9 Å². The summed E-state index contributed by atoms with van der Waals surface area (Å²) in [6.45, 7) is 1.86. The Morgan fingerprint density at radius 3 is 2.70 bits per heavy atom. The van der Waals surface area contributed by atoms with Gasteiger partial charge in [-0.15, -0.1) is 0 Å². The molecule has 1 aliphatic carbocycles. The molecule has 2 aromatic heterocycles. The predicted molar refractivity (Wildman–Crippen MR) is 99.3 cm³/mol. The van der Waals surface area contributed by atoms with Crippen LogP contribution in [0.15, 0.2) is 36.5 Å². The number of carbonyl (C=O) groups excluding carboxylic acids is 1. The molecule has 1 aliphatic rings. The van der Waals surface area contributed by atoms with Crippen molar-refractivity contribution in [3.8, 4) is 5.82 Å². The van der Waals surface area contributed by atoms with E-state index in [1.165, 1.54) is 18.3 Å². The molecule has 0 saturated heterocycles. The highest BCUT2D eigenvalue weighted by Crippen LogP contribution is 2.22. The lowest BCUT2D eigenvalue weighted by molar-refractivity contribution is 0.0867. The zero-order chi connectivity index (χ0) is 19.0. The summed E-state index contributed by atoms with van der Waals surface area (Å²) < 4.78 is 15.2. The molecule has 0 radical (unpaired) electrons. The van der Waals surface area contributed by atoms with E-state index in [-0.39, 0.29) is 23.9 Å². The molecule has 3 aromatic rings. The fourth-order valence-electron chi connectivity index (χ4n) is 3.55. The van der Waals surface area contributed by atoms with Crippen LogP contribution in [0.25, 0.3) is 16.7 Å². The van der Waals surface area contributed by atoms with Crippen LogP contribution in [0.3, 0.4) is 0 Å². The van der Waals surface area contributed by atoms with Crippen molar-refractivity contribution in [1.82, 2.24) is 20.1 Å². The van der Waals surface area contributed by atoms with Gasteiger partial charge in [0, 0.05) is 23.7 Å². The van der Waals surface area contributed by atoms with Gasteiger partial charge in [-0.2, -0.15) is 5.10 Å². The van der Waals surface area contributed by atoms with Gasteiger partial charge in [0.05, 0.1) is 22.9 Å². The van der Waals surface area contributed by atoms with Gasteiger partial charge in [0.1, 0.15) is 5.82 Å². The Labute approximate surface area is 156 Å². The SMILES string of the molecule is Cc1nn(-c2ccc(C(=O)NC3CCC(O)CC3)cn2)c2cc(F)ccc12. The molecule has 0 aliphatic heterocycles. The first-order valence-electron chi connectivity index (χ1n) is 9.11. The number of aromatic nitrogens is 3. The van der Waals surface area contributed by atoms with Crippen molar-refractivity contribution in [2.75, 3.05) is 0 Å². The van der Waals surface area contributed by atoms with E-state index in [0.29, 0.717) is 29.7 Å². The van der Waals surface area contributed by atoms with E-state index in [2.05, 4.69) is 15.4 Å². The van der Waals surface area contributed by atoms with Crippen LogP contribution in [0.4, 0.5) is 4.39 Å². The minimum absolute atomic E-state index is 0.0845. The van der Waals surface area contributed by atoms with Gasteiger partial charge in [-0.3, -0.25) is 4.79 Å². The molecule has 1 amide bonds. The van der Waals surface area contributed by atoms with Crippen molar-refractivity contribution in [2.45, 2.75) is 44.8 Å². The van der Waals surface area contributed by atoms with Gasteiger partial charge in [-0.25, -0.2) is 14.1 Å². The van der Waals surface area contributed by atoms with Crippen LogP contribution in [0.5, 0.6) is 0 Å². The van der Waals surface area contributed by atoms with Gasteiger partial charge in [0.2, 0.25) is 0 Å². The Morgan fingerprint density at radius 2 is 2.00 bits per heavy atom. The molecule has 1 saturated carbocycles. The average molecular weight is 368 g/mol. The van der Waals surface area contributed by atoms with Crippen molar-refractivity contribution in [3.63, 3.8) is 0 Å². The molecule has 0 unspecified atom stereocenters. The number of carbonyl (C=O) groups is 1. The van der Waals surface area contributed by atoms with Gasteiger partial charge < -0.3 is 10.4 Å². The molecule has 0 atom stereocenters. The van der Waals surface area contributed by atoms with Crippen molar-refractivity contribution < 1.29 is 14.3 Å². The second-order valence-corrected chi connectivity index (χ2v) is 7.04. The highest BCUT2D eigenvalue weighted by molar-refractivity contribution is 5.94. The molecule has 1 aromatic carbocycles. The van der Waals surface area contributed by atoms with Gasteiger partial charge >= 0.3 is 0 Å². The second kappa shape index (κ2) is 7.08. The smallest absolute Gasteiger partial charge is 0.253 e. The quantitative estimate of drug-likeness (QED) is 0.745. The van der Waals surface area contributed by atoms with Crippen molar-refractivity contribution in [1.29, 1.82) is 0 Å². The van der Waals surface area contributed by atoms with Gasteiger partial charge in [-0.1, -0.05) is 0 Å². The van der Waals surface area contributed by atoms with E-state index in [1.807, 2.05) is 6.92 Å². The summed E-state index contributed by atoms with van der Waals surface area (Å²) in [7, 11) is 0. The number of hydrogen-bond acceptors (Lipinski definition) is 4. The van der Waals surface area contributed by atoms with E-state index in [0.717, 1.165) is 23.9 Å². The van der Waals surface area contributed by atoms with Crippen molar-refractivity contribution in [3.05, 3.63) is 53.6 Å². The highest BCUT2D eigenvalue weighted by Gasteiger charge is 2.21. The average Bonchev–Trinajstić information content (AvgIpc) is 2.99. The number of benzene rings is 1. The number of rotatable bonds is 3. The maximum Gasteiger partial charge on any atom is 0.253 e. The summed E-state index contributed by atoms with van der Waals surface area (Å²) in [5, 5.41) is 17.9. The van der Waals surface area contributed by atoms with E-state index >= 15 is 0 Å². The van der Waals surface area contributed by atoms with Crippen LogP contribution in [0.1, 0.15) is 41.7 Å². The molecule has 7 heteroatoms. The van der Waals surface area contributed by atoms with Crippen LogP contribution in [-0.4, -0.2) is 37.9 Å². The fraction of sp³-hybridized carbons (Fsp3) is 0.350. The van der Waals surface area contributed by atoms with Gasteiger partial charge in [0.15, 0.2) is 5.82 Å². The lowest BCUT2D eigenvalue weighted by Gasteiger charge is -2.26. The Hall–Kier alpha value is -2.80. The third kappa shape index (κ3) is 3.55. The zero-order valence-electron chi connectivity index (χ0n) is 15.0. The molecule has 1 fully saturated rings. The molecule has 2 N–H and O–H groups in total. The number of aliphatic hydroxyl groups excluding tert-OH is 1. The fourth-order valence-corrected chi connectivity index (χ4v) is 3.55.